The van der Waals surface area contributed by atoms with E-state index < -0.39 is 18.1 Å². The fraction of sp³-hybridized carbons (Fsp3) is 0.400. The second-order valence-corrected chi connectivity index (χ2v) is 5.31. The van der Waals surface area contributed by atoms with E-state index in [1.165, 1.54) is 17.0 Å². The van der Waals surface area contributed by atoms with Gasteiger partial charge in [-0.15, -0.1) is 0 Å². The Balaban J connectivity index is 1.96. The van der Waals surface area contributed by atoms with E-state index in [1.54, 1.807) is 12.1 Å². The summed E-state index contributed by atoms with van der Waals surface area (Å²) in [5.41, 5.74) is 1.28. The van der Waals surface area contributed by atoms with Gasteiger partial charge in [0.15, 0.2) is 6.10 Å². The molecule has 0 radical (unpaired) electrons. The quantitative estimate of drug-likeness (QED) is 0.754. The SMILES string of the molecule is Cc1cc(N2CCO[C@@H](C(F)(F)F)C2)nc2cc(F)ccc12. The van der Waals surface area contributed by atoms with Crippen molar-refractivity contribution in [3.8, 4) is 0 Å². The van der Waals surface area contributed by atoms with Gasteiger partial charge in [-0.2, -0.15) is 13.2 Å². The maximum absolute atomic E-state index is 13.3. The highest BCUT2D eigenvalue weighted by Gasteiger charge is 2.43. The van der Waals surface area contributed by atoms with Crippen molar-refractivity contribution in [3.05, 3.63) is 35.6 Å². The van der Waals surface area contributed by atoms with Crippen LogP contribution in [0.5, 0.6) is 0 Å². The molecule has 0 amide bonds. The monoisotopic (exact) mass is 314 g/mol. The highest BCUT2D eigenvalue weighted by Crippen LogP contribution is 2.29. The average Bonchev–Trinajstić information content (AvgIpc) is 2.46. The molecule has 3 rings (SSSR count). The highest BCUT2D eigenvalue weighted by molar-refractivity contribution is 5.84. The number of morpholine rings is 1. The number of hydrogen-bond acceptors (Lipinski definition) is 3. The molecule has 1 aromatic heterocycles. The number of fused-ring (bicyclic) bond motifs is 1. The number of alkyl halides is 3. The van der Waals surface area contributed by atoms with Crippen LogP contribution in [0.1, 0.15) is 5.56 Å². The van der Waals surface area contributed by atoms with Gasteiger partial charge in [-0.05, 0) is 30.7 Å². The summed E-state index contributed by atoms with van der Waals surface area (Å²) in [6.07, 6.45) is -6.23. The molecule has 7 heteroatoms. The van der Waals surface area contributed by atoms with Crippen LogP contribution in [0.25, 0.3) is 10.9 Å². The van der Waals surface area contributed by atoms with Gasteiger partial charge in [-0.3, -0.25) is 0 Å². The first kappa shape index (κ1) is 15.0. The number of hydrogen-bond donors (Lipinski definition) is 0. The van der Waals surface area contributed by atoms with Crippen LogP contribution >= 0.6 is 0 Å². The predicted molar refractivity (Wildman–Crippen MR) is 74.4 cm³/mol. The Morgan fingerprint density at radius 3 is 2.77 bits per heavy atom. The van der Waals surface area contributed by atoms with Crippen molar-refractivity contribution < 1.29 is 22.3 Å². The maximum atomic E-state index is 13.3. The molecule has 1 aliphatic rings. The van der Waals surface area contributed by atoms with Gasteiger partial charge in [0.1, 0.15) is 11.6 Å². The maximum Gasteiger partial charge on any atom is 0.416 e. The first-order valence-electron chi connectivity index (χ1n) is 6.85. The van der Waals surface area contributed by atoms with Crippen molar-refractivity contribution in [1.82, 2.24) is 4.98 Å². The number of pyridine rings is 1. The van der Waals surface area contributed by atoms with E-state index in [4.69, 9.17) is 4.74 Å². The minimum atomic E-state index is -4.41. The Bertz CT molecular complexity index is 702. The number of benzene rings is 1. The fourth-order valence-electron chi connectivity index (χ4n) is 2.58. The molecule has 0 bridgehead atoms. The van der Waals surface area contributed by atoms with Gasteiger partial charge in [-0.25, -0.2) is 9.37 Å². The molecule has 0 unspecified atom stereocenters. The molecule has 0 aliphatic carbocycles. The first-order chi connectivity index (χ1) is 10.3. The summed E-state index contributed by atoms with van der Waals surface area (Å²) in [7, 11) is 0. The lowest BCUT2D eigenvalue weighted by Crippen LogP contribution is -2.49. The van der Waals surface area contributed by atoms with Gasteiger partial charge >= 0.3 is 6.18 Å². The molecule has 3 nitrogen and oxygen atoms in total. The van der Waals surface area contributed by atoms with Crippen LogP contribution in [0, 0.1) is 12.7 Å². The molecule has 1 aromatic carbocycles. The van der Waals surface area contributed by atoms with E-state index in [1.807, 2.05) is 6.92 Å². The number of aromatic nitrogens is 1. The second kappa shape index (κ2) is 5.39. The molecular formula is C15H14F4N2O. The lowest BCUT2D eigenvalue weighted by atomic mass is 10.1. The van der Waals surface area contributed by atoms with Crippen molar-refractivity contribution in [1.29, 1.82) is 0 Å². The Labute approximate surface area is 124 Å². The fourth-order valence-corrected chi connectivity index (χ4v) is 2.58. The first-order valence-corrected chi connectivity index (χ1v) is 6.85. The third-order valence-corrected chi connectivity index (χ3v) is 3.72. The molecule has 2 heterocycles. The minimum absolute atomic E-state index is 0.0217. The standard InChI is InChI=1S/C15H14F4N2O/c1-9-6-14(20-12-7-10(16)2-3-11(9)12)21-4-5-22-13(8-21)15(17,18)19/h2-3,6-7,13H,4-5,8H2,1H3/t13-/m1/s1. The molecule has 22 heavy (non-hydrogen) atoms. The Morgan fingerprint density at radius 2 is 2.05 bits per heavy atom. The van der Waals surface area contributed by atoms with Gasteiger partial charge in [0.25, 0.3) is 0 Å². The molecule has 0 N–H and O–H groups in total. The van der Waals surface area contributed by atoms with Crippen molar-refractivity contribution in [2.45, 2.75) is 19.2 Å². The second-order valence-electron chi connectivity index (χ2n) is 5.31. The summed E-state index contributed by atoms with van der Waals surface area (Å²) in [6, 6.07) is 5.96. The normalized spacial score (nSPS) is 19.7. The van der Waals surface area contributed by atoms with Crippen LogP contribution in [-0.4, -0.2) is 37.0 Å². The van der Waals surface area contributed by atoms with E-state index >= 15 is 0 Å². The predicted octanol–water partition coefficient (Wildman–Crippen LogP) is 3.45. The van der Waals surface area contributed by atoms with Crippen LogP contribution in [0.3, 0.4) is 0 Å². The largest absolute Gasteiger partial charge is 0.416 e. The Kier molecular flexibility index (Phi) is 3.68. The number of rotatable bonds is 1. The van der Waals surface area contributed by atoms with E-state index in [2.05, 4.69) is 4.98 Å². The van der Waals surface area contributed by atoms with E-state index in [0.717, 1.165) is 10.9 Å². The van der Waals surface area contributed by atoms with E-state index in [9.17, 15) is 17.6 Å². The molecule has 1 saturated heterocycles. The summed E-state index contributed by atoms with van der Waals surface area (Å²) < 4.78 is 56.5. The van der Waals surface area contributed by atoms with Gasteiger partial charge in [0, 0.05) is 18.0 Å². The summed E-state index contributed by atoms with van der Waals surface area (Å²) in [6.45, 7) is 1.82. The topological polar surface area (TPSA) is 25.4 Å². The lowest BCUT2D eigenvalue weighted by Gasteiger charge is -2.34. The molecule has 2 aromatic rings. The molecule has 1 fully saturated rings. The zero-order valence-corrected chi connectivity index (χ0v) is 11.8. The van der Waals surface area contributed by atoms with Crippen molar-refractivity contribution in [2.75, 3.05) is 24.6 Å². The van der Waals surface area contributed by atoms with Crippen molar-refractivity contribution in [2.24, 2.45) is 0 Å². The number of aryl methyl sites for hydroxylation is 1. The summed E-state index contributed by atoms with van der Waals surface area (Å²) >= 11 is 0. The molecule has 1 atom stereocenters. The van der Waals surface area contributed by atoms with E-state index in [-0.39, 0.29) is 13.2 Å². The van der Waals surface area contributed by atoms with Crippen molar-refractivity contribution >= 4 is 16.7 Å². The van der Waals surface area contributed by atoms with E-state index in [0.29, 0.717) is 17.9 Å². The Morgan fingerprint density at radius 1 is 1.27 bits per heavy atom. The van der Waals surface area contributed by atoms with Crippen LogP contribution < -0.4 is 4.90 Å². The smallest absolute Gasteiger partial charge is 0.365 e. The van der Waals surface area contributed by atoms with Gasteiger partial charge < -0.3 is 9.64 Å². The molecule has 1 aliphatic heterocycles. The van der Waals surface area contributed by atoms with Gasteiger partial charge in [-0.1, -0.05) is 0 Å². The molecule has 0 saturated carbocycles. The zero-order valence-electron chi connectivity index (χ0n) is 11.8. The van der Waals surface area contributed by atoms with Crippen LogP contribution in [0.2, 0.25) is 0 Å². The van der Waals surface area contributed by atoms with Crippen LogP contribution in [0.15, 0.2) is 24.3 Å². The third kappa shape index (κ3) is 2.85. The average molecular weight is 314 g/mol. The zero-order chi connectivity index (χ0) is 15.9. The third-order valence-electron chi connectivity index (χ3n) is 3.72. The van der Waals surface area contributed by atoms with Crippen LogP contribution in [-0.2, 0) is 4.74 Å². The highest BCUT2D eigenvalue weighted by atomic mass is 19.4. The molecular weight excluding hydrogens is 300 g/mol. The molecule has 118 valence electrons. The lowest BCUT2D eigenvalue weighted by molar-refractivity contribution is -0.221. The van der Waals surface area contributed by atoms with Gasteiger partial charge in [0.2, 0.25) is 0 Å². The Hall–Kier alpha value is -1.89. The summed E-state index contributed by atoms with van der Waals surface area (Å²) in [4.78, 5) is 5.83. The summed E-state index contributed by atoms with van der Waals surface area (Å²) in [5.74, 6) is -0.0140. The number of halogens is 4. The summed E-state index contributed by atoms with van der Waals surface area (Å²) in [5, 5.41) is 0.783. The molecule has 0 spiro atoms. The number of nitrogens with zero attached hydrogens (tertiary/aromatic N) is 2. The minimum Gasteiger partial charge on any atom is -0.365 e. The number of anilines is 1. The van der Waals surface area contributed by atoms with Gasteiger partial charge in [0.05, 0.1) is 18.7 Å². The number of ether oxygens (including phenoxy) is 1. The van der Waals surface area contributed by atoms with Crippen LogP contribution in [0.4, 0.5) is 23.4 Å². The van der Waals surface area contributed by atoms with Crippen molar-refractivity contribution in [3.63, 3.8) is 0 Å².